The molecule has 6 heteroatoms. The normalized spacial score (nSPS) is 15.7. The Kier molecular flexibility index (Phi) is 3.44. The molecule has 0 aliphatic heterocycles. The van der Waals surface area contributed by atoms with Crippen LogP contribution < -0.4 is 5.32 Å². The van der Waals surface area contributed by atoms with Gasteiger partial charge in [0.1, 0.15) is 0 Å². The van der Waals surface area contributed by atoms with Crippen LogP contribution in [0.25, 0.3) is 11.1 Å². The highest BCUT2D eigenvalue weighted by molar-refractivity contribution is 6.33. The van der Waals surface area contributed by atoms with Gasteiger partial charge in [-0.25, -0.2) is 0 Å². The maximum Gasteiger partial charge on any atom is 0.268 e. The molecule has 0 heterocycles. The average molecular weight is 383 g/mol. The number of hydrogen-bond donors (Lipinski definition) is 2. The molecule has 0 saturated carbocycles. The highest BCUT2D eigenvalue weighted by atomic mass is 16.3. The van der Waals surface area contributed by atoms with Crippen LogP contribution in [-0.4, -0.2) is 34.1 Å². The van der Waals surface area contributed by atoms with Crippen LogP contribution in [0.5, 0.6) is 0 Å². The Labute approximate surface area is 164 Å². The van der Waals surface area contributed by atoms with Crippen LogP contribution in [0.15, 0.2) is 66.7 Å². The number of Topliss-reactive ketones (excluding diaryl/α,β-unsaturated/α-hetero) is 2. The van der Waals surface area contributed by atoms with Crippen molar-refractivity contribution in [3.05, 3.63) is 94.5 Å². The summed E-state index contributed by atoms with van der Waals surface area (Å²) in [5.74, 6) is -2.78. The van der Waals surface area contributed by atoms with Gasteiger partial charge in [-0.15, -0.1) is 0 Å². The minimum absolute atomic E-state index is 0.0547. The Bertz CT molecular complexity index is 1240. The van der Waals surface area contributed by atoms with Crippen LogP contribution >= 0.6 is 0 Å². The van der Waals surface area contributed by atoms with Crippen molar-refractivity contribution in [2.45, 2.75) is 5.72 Å². The third-order valence-electron chi connectivity index (χ3n) is 5.36. The van der Waals surface area contributed by atoms with E-state index in [0.717, 1.165) is 0 Å². The van der Waals surface area contributed by atoms with Crippen molar-refractivity contribution >= 4 is 23.3 Å². The van der Waals surface area contributed by atoms with Crippen molar-refractivity contribution in [1.82, 2.24) is 5.32 Å². The lowest BCUT2D eigenvalue weighted by Crippen LogP contribution is -2.56. The molecule has 6 nitrogen and oxygen atoms in total. The van der Waals surface area contributed by atoms with Gasteiger partial charge in [0.05, 0.1) is 0 Å². The summed E-state index contributed by atoms with van der Waals surface area (Å²) in [6.45, 7) is 0. The zero-order chi connectivity index (χ0) is 20.3. The van der Waals surface area contributed by atoms with Gasteiger partial charge < -0.3 is 10.4 Å². The van der Waals surface area contributed by atoms with Crippen LogP contribution in [0.4, 0.5) is 0 Å². The van der Waals surface area contributed by atoms with E-state index >= 15 is 0 Å². The molecule has 0 bridgehead atoms. The molecule has 29 heavy (non-hydrogen) atoms. The minimum Gasteiger partial charge on any atom is -0.358 e. The molecule has 0 saturated heterocycles. The average Bonchev–Trinajstić information content (AvgIpc) is 3.14. The van der Waals surface area contributed by atoms with Crippen molar-refractivity contribution < 1.29 is 24.3 Å². The second-order valence-corrected chi connectivity index (χ2v) is 6.97. The minimum atomic E-state index is -2.67. The molecule has 0 atom stereocenters. The number of carbonyl (C=O) groups is 4. The van der Waals surface area contributed by atoms with Crippen LogP contribution in [-0.2, 0) is 0 Å². The van der Waals surface area contributed by atoms with Gasteiger partial charge in [-0.2, -0.15) is 0 Å². The Balaban J connectivity index is 1.58. The number of hydrogen-bond acceptors (Lipinski definition) is 5. The van der Waals surface area contributed by atoms with Crippen molar-refractivity contribution in [3.8, 4) is 11.1 Å². The van der Waals surface area contributed by atoms with Gasteiger partial charge >= 0.3 is 0 Å². The molecule has 2 N–H and O–H groups in total. The number of ketones is 3. The van der Waals surface area contributed by atoms with E-state index in [0.29, 0.717) is 22.3 Å². The van der Waals surface area contributed by atoms with E-state index in [2.05, 4.69) is 5.32 Å². The first-order valence-corrected chi connectivity index (χ1v) is 8.94. The molecule has 0 spiro atoms. The van der Waals surface area contributed by atoms with Gasteiger partial charge in [-0.3, -0.25) is 19.2 Å². The van der Waals surface area contributed by atoms with E-state index in [4.69, 9.17) is 0 Å². The van der Waals surface area contributed by atoms with E-state index in [-0.39, 0.29) is 22.5 Å². The Morgan fingerprint density at radius 3 is 1.83 bits per heavy atom. The van der Waals surface area contributed by atoms with Gasteiger partial charge in [0.15, 0.2) is 5.78 Å². The van der Waals surface area contributed by atoms with Crippen molar-refractivity contribution in [3.63, 3.8) is 0 Å². The second-order valence-electron chi connectivity index (χ2n) is 6.97. The second kappa shape index (κ2) is 5.80. The molecule has 2 aliphatic carbocycles. The molecule has 3 aromatic rings. The van der Waals surface area contributed by atoms with E-state index in [1.807, 2.05) is 0 Å². The van der Waals surface area contributed by atoms with Gasteiger partial charge in [-0.05, 0) is 11.6 Å². The maximum atomic E-state index is 13.0. The van der Waals surface area contributed by atoms with Crippen LogP contribution in [0.1, 0.15) is 47.0 Å². The summed E-state index contributed by atoms with van der Waals surface area (Å²) in [7, 11) is 0. The van der Waals surface area contributed by atoms with Crippen molar-refractivity contribution in [2.75, 3.05) is 0 Å². The van der Waals surface area contributed by atoms with E-state index in [1.165, 1.54) is 18.2 Å². The molecule has 5 rings (SSSR count). The summed E-state index contributed by atoms with van der Waals surface area (Å²) in [5, 5.41) is 13.0. The fourth-order valence-electron chi connectivity index (χ4n) is 3.98. The lowest BCUT2D eigenvalue weighted by molar-refractivity contribution is 0.0192. The number of carbonyl (C=O) groups excluding carboxylic acids is 4. The van der Waals surface area contributed by atoms with Crippen molar-refractivity contribution in [1.29, 1.82) is 0 Å². The zero-order valence-electron chi connectivity index (χ0n) is 14.9. The summed E-state index contributed by atoms with van der Waals surface area (Å²) < 4.78 is 0. The largest absolute Gasteiger partial charge is 0.358 e. The fraction of sp³-hybridized carbons (Fsp3) is 0.0435. The molecule has 0 fully saturated rings. The van der Waals surface area contributed by atoms with Crippen LogP contribution in [0, 0.1) is 0 Å². The Morgan fingerprint density at radius 1 is 0.690 bits per heavy atom. The maximum absolute atomic E-state index is 13.0. The SMILES string of the molecule is O=C(NC1(O)C(=O)c2ccccc2C1=O)c1cccc2c1-c1ccccc1C2=O. The Morgan fingerprint density at radius 2 is 1.21 bits per heavy atom. The highest BCUT2D eigenvalue weighted by Gasteiger charge is 2.53. The molecular weight excluding hydrogens is 370 g/mol. The molecule has 3 aromatic carbocycles. The highest BCUT2D eigenvalue weighted by Crippen LogP contribution is 2.39. The first-order valence-electron chi connectivity index (χ1n) is 8.94. The molecule has 140 valence electrons. The molecule has 1 amide bonds. The topological polar surface area (TPSA) is 101 Å². The van der Waals surface area contributed by atoms with Gasteiger partial charge in [0.2, 0.25) is 11.6 Å². The molecular formula is C23H13NO5. The fourth-order valence-corrected chi connectivity index (χ4v) is 3.98. The molecule has 0 aromatic heterocycles. The van der Waals surface area contributed by atoms with E-state index in [9.17, 15) is 24.3 Å². The summed E-state index contributed by atoms with van der Waals surface area (Å²) in [6.07, 6.45) is 0. The molecule has 0 unspecified atom stereocenters. The lowest BCUT2D eigenvalue weighted by Gasteiger charge is -2.21. The summed E-state index contributed by atoms with van der Waals surface area (Å²) in [5.41, 5.74) is -0.614. The third-order valence-corrected chi connectivity index (χ3v) is 5.36. The van der Waals surface area contributed by atoms with Gasteiger partial charge in [0.25, 0.3) is 11.6 Å². The third kappa shape index (κ3) is 2.20. The number of nitrogens with one attached hydrogen (secondary N) is 1. The zero-order valence-corrected chi connectivity index (χ0v) is 14.9. The van der Waals surface area contributed by atoms with Crippen LogP contribution in [0.3, 0.4) is 0 Å². The molecule has 0 radical (unpaired) electrons. The first kappa shape index (κ1) is 17.2. The quantitative estimate of drug-likeness (QED) is 0.409. The monoisotopic (exact) mass is 383 g/mol. The van der Waals surface area contributed by atoms with Gasteiger partial charge in [-0.1, -0.05) is 60.7 Å². The predicted octanol–water partition coefficient (Wildman–Crippen LogP) is 2.40. The summed E-state index contributed by atoms with van der Waals surface area (Å²) in [6, 6.07) is 17.5. The number of benzene rings is 3. The number of fused-ring (bicyclic) bond motifs is 4. The summed E-state index contributed by atoms with van der Waals surface area (Å²) in [4.78, 5) is 51.0. The van der Waals surface area contributed by atoms with E-state index in [1.54, 1.807) is 48.5 Å². The predicted molar refractivity (Wildman–Crippen MR) is 103 cm³/mol. The number of rotatable bonds is 2. The lowest BCUT2D eigenvalue weighted by atomic mass is 9.98. The molecule has 2 aliphatic rings. The number of aliphatic hydroxyl groups is 1. The standard InChI is InChI=1S/C23H13NO5/c25-19-13-7-2-1-6-12(13)18-16(19)10-5-11-17(18)22(28)24-23(29)20(26)14-8-3-4-9-15(14)21(23)27/h1-11,29H,(H,24,28). The van der Waals surface area contributed by atoms with Crippen molar-refractivity contribution in [2.24, 2.45) is 0 Å². The summed E-state index contributed by atoms with van der Waals surface area (Å²) >= 11 is 0. The van der Waals surface area contributed by atoms with E-state index < -0.39 is 23.2 Å². The number of amides is 1. The first-order chi connectivity index (χ1) is 13.9. The smallest absolute Gasteiger partial charge is 0.268 e. The Hall–Kier alpha value is -3.90. The van der Waals surface area contributed by atoms with Crippen LogP contribution in [0.2, 0.25) is 0 Å². The van der Waals surface area contributed by atoms with Gasteiger partial charge in [0, 0.05) is 33.4 Å².